The summed E-state index contributed by atoms with van der Waals surface area (Å²) in [5.74, 6) is 0.975. The maximum absolute atomic E-state index is 5.93. The van der Waals surface area contributed by atoms with Gasteiger partial charge in [0.1, 0.15) is 11.8 Å². The predicted molar refractivity (Wildman–Crippen MR) is 75.8 cm³/mol. The van der Waals surface area contributed by atoms with Crippen molar-refractivity contribution in [3.8, 4) is 5.88 Å². The van der Waals surface area contributed by atoms with Gasteiger partial charge in [-0.05, 0) is 19.1 Å². The Bertz CT molecular complexity index is 537. The van der Waals surface area contributed by atoms with Crippen LogP contribution in [0.2, 0.25) is 5.15 Å². The molecule has 0 bridgehead atoms. The molecular formula is C14H16ClN3O2. The summed E-state index contributed by atoms with van der Waals surface area (Å²) >= 11 is 5.93. The first-order valence-electron chi connectivity index (χ1n) is 6.42. The third-order valence-corrected chi connectivity index (χ3v) is 2.68. The molecule has 0 fully saturated rings. The molecule has 0 saturated heterocycles. The molecule has 0 unspecified atom stereocenters. The van der Waals surface area contributed by atoms with E-state index in [2.05, 4.69) is 15.0 Å². The Balaban J connectivity index is 1.90. The van der Waals surface area contributed by atoms with E-state index in [1.54, 1.807) is 12.3 Å². The zero-order valence-electron chi connectivity index (χ0n) is 11.3. The first kappa shape index (κ1) is 14.7. The lowest BCUT2D eigenvalue weighted by atomic mass is 10.3. The zero-order valence-corrected chi connectivity index (χ0v) is 12.0. The zero-order chi connectivity index (χ0) is 14.2. The molecule has 106 valence electrons. The van der Waals surface area contributed by atoms with Crippen molar-refractivity contribution in [1.29, 1.82) is 0 Å². The van der Waals surface area contributed by atoms with Crippen molar-refractivity contribution < 1.29 is 9.47 Å². The van der Waals surface area contributed by atoms with E-state index in [9.17, 15) is 0 Å². The first-order chi connectivity index (χ1) is 9.78. The van der Waals surface area contributed by atoms with Gasteiger partial charge in [-0.2, -0.15) is 4.98 Å². The van der Waals surface area contributed by atoms with Crippen molar-refractivity contribution in [2.24, 2.45) is 0 Å². The van der Waals surface area contributed by atoms with Crippen molar-refractivity contribution >= 4 is 11.6 Å². The summed E-state index contributed by atoms with van der Waals surface area (Å²) in [7, 11) is 0. The SMILES string of the molecule is CCOCc1nc(Cl)cc(OCCc2ccccn2)n1. The quantitative estimate of drug-likeness (QED) is 0.735. The summed E-state index contributed by atoms with van der Waals surface area (Å²) < 4.78 is 10.8. The minimum Gasteiger partial charge on any atom is -0.477 e. The van der Waals surface area contributed by atoms with Crippen LogP contribution in [0.25, 0.3) is 0 Å². The number of nitrogens with zero attached hydrogens (tertiary/aromatic N) is 3. The Morgan fingerprint density at radius 1 is 1.25 bits per heavy atom. The second-order valence-corrected chi connectivity index (χ2v) is 4.39. The second-order valence-electron chi connectivity index (χ2n) is 4.00. The van der Waals surface area contributed by atoms with Crippen LogP contribution in [0, 0.1) is 0 Å². The van der Waals surface area contributed by atoms with Gasteiger partial charge in [-0.3, -0.25) is 4.98 Å². The molecule has 0 aliphatic rings. The van der Waals surface area contributed by atoms with Crippen LogP contribution in [-0.4, -0.2) is 28.2 Å². The average Bonchev–Trinajstić information content (AvgIpc) is 2.46. The van der Waals surface area contributed by atoms with E-state index in [1.165, 1.54) is 0 Å². The Morgan fingerprint density at radius 3 is 2.90 bits per heavy atom. The predicted octanol–water partition coefficient (Wildman–Crippen LogP) is 2.68. The van der Waals surface area contributed by atoms with Crippen molar-refractivity contribution in [2.45, 2.75) is 20.0 Å². The number of rotatable bonds is 7. The van der Waals surface area contributed by atoms with Crippen LogP contribution in [0.3, 0.4) is 0 Å². The van der Waals surface area contributed by atoms with Crippen molar-refractivity contribution in [1.82, 2.24) is 15.0 Å². The molecule has 2 aromatic rings. The molecule has 0 aliphatic heterocycles. The molecule has 20 heavy (non-hydrogen) atoms. The summed E-state index contributed by atoms with van der Waals surface area (Å²) in [4.78, 5) is 12.5. The Morgan fingerprint density at radius 2 is 2.15 bits per heavy atom. The average molecular weight is 294 g/mol. The molecule has 0 N–H and O–H groups in total. The van der Waals surface area contributed by atoms with Crippen molar-refractivity contribution in [3.05, 3.63) is 47.1 Å². The third-order valence-electron chi connectivity index (χ3n) is 2.49. The molecule has 2 rings (SSSR count). The standard InChI is InChI=1S/C14H16ClN3O2/c1-2-19-10-13-17-12(15)9-14(18-13)20-8-6-11-5-3-4-7-16-11/h3-5,7,9H,2,6,8,10H2,1H3. The van der Waals surface area contributed by atoms with E-state index in [0.717, 1.165) is 5.69 Å². The lowest BCUT2D eigenvalue weighted by molar-refractivity contribution is 0.127. The van der Waals surface area contributed by atoms with Gasteiger partial charge in [-0.25, -0.2) is 4.98 Å². The summed E-state index contributed by atoms with van der Waals surface area (Å²) in [6, 6.07) is 7.38. The van der Waals surface area contributed by atoms with Crippen LogP contribution in [0.5, 0.6) is 5.88 Å². The molecule has 6 heteroatoms. The van der Waals surface area contributed by atoms with Gasteiger partial charge in [0.15, 0.2) is 5.82 Å². The summed E-state index contributed by atoms with van der Waals surface area (Å²) in [6.07, 6.45) is 2.47. The van der Waals surface area contributed by atoms with Gasteiger partial charge < -0.3 is 9.47 Å². The highest BCUT2D eigenvalue weighted by Crippen LogP contribution is 2.14. The lowest BCUT2D eigenvalue weighted by Gasteiger charge is -2.07. The molecule has 0 aromatic carbocycles. The Labute approximate surface area is 123 Å². The topological polar surface area (TPSA) is 57.1 Å². The van der Waals surface area contributed by atoms with Crippen LogP contribution in [0.4, 0.5) is 0 Å². The maximum Gasteiger partial charge on any atom is 0.218 e. The van der Waals surface area contributed by atoms with Crippen molar-refractivity contribution in [3.63, 3.8) is 0 Å². The van der Waals surface area contributed by atoms with E-state index in [4.69, 9.17) is 21.1 Å². The monoisotopic (exact) mass is 293 g/mol. The van der Waals surface area contributed by atoms with E-state index in [1.807, 2.05) is 25.1 Å². The molecule has 2 heterocycles. The molecular weight excluding hydrogens is 278 g/mol. The lowest BCUT2D eigenvalue weighted by Crippen LogP contribution is -2.06. The second kappa shape index (κ2) is 7.77. The summed E-state index contributed by atoms with van der Waals surface area (Å²) in [5, 5.41) is 0.350. The molecule has 2 aromatic heterocycles. The van der Waals surface area contributed by atoms with Crippen LogP contribution in [0.1, 0.15) is 18.4 Å². The fraction of sp³-hybridized carbons (Fsp3) is 0.357. The molecule has 0 saturated carbocycles. The summed E-state index contributed by atoms with van der Waals surface area (Å²) in [5.41, 5.74) is 0.974. The number of pyridine rings is 1. The van der Waals surface area contributed by atoms with Gasteiger partial charge in [0.2, 0.25) is 5.88 Å². The maximum atomic E-state index is 5.93. The first-order valence-corrected chi connectivity index (χ1v) is 6.79. The van der Waals surface area contributed by atoms with Gasteiger partial charge in [-0.1, -0.05) is 17.7 Å². The number of hydrogen-bond acceptors (Lipinski definition) is 5. The molecule has 0 atom stereocenters. The van der Waals surface area contributed by atoms with E-state index < -0.39 is 0 Å². The normalized spacial score (nSPS) is 10.5. The minimum absolute atomic E-state index is 0.327. The highest BCUT2D eigenvalue weighted by Gasteiger charge is 2.05. The Kier molecular flexibility index (Phi) is 5.70. The van der Waals surface area contributed by atoms with Gasteiger partial charge in [-0.15, -0.1) is 0 Å². The van der Waals surface area contributed by atoms with Gasteiger partial charge in [0.05, 0.1) is 6.61 Å². The number of halogens is 1. The van der Waals surface area contributed by atoms with Crippen LogP contribution in [-0.2, 0) is 17.8 Å². The number of hydrogen-bond donors (Lipinski definition) is 0. The fourth-order valence-electron chi connectivity index (χ4n) is 1.58. The highest BCUT2D eigenvalue weighted by atomic mass is 35.5. The third kappa shape index (κ3) is 4.75. The fourth-order valence-corrected chi connectivity index (χ4v) is 1.77. The summed E-state index contributed by atoms with van der Waals surface area (Å²) in [6.45, 7) is 3.33. The van der Waals surface area contributed by atoms with Crippen LogP contribution >= 0.6 is 11.6 Å². The minimum atomic E-state index is 0.327. The molecule has 0 radical (unpaired) electrons. The van der Waals surface area contributed by atoms with E-state index in [-0.39, 0.29) is 0 Å². The van der Waals surface area contributed by atoms with Gasteiger partial charge in [0.25, 0.3) is 0 Å². The molecule has 5 nitrogen and oxygen atoms in total. The molecule has 0 amide bonds. The highest BCUT2D eigenvalue weighted by molar-refractivity contribution is 6.29. The molecule has 0 aliphatic carbocycles. The smallest absolute Gasteiger partial charge is 0.218 e. The largest absolute Gasteiger partial charge is 0.477 e. The molecule has 0 spiro atoms. The Hall–Kier alpha value is -1.72. The number of ether oxygens (including phenoxy) is 2. The van der Waals surface area contributed by atoms with Crippen LogP contribution in [0.15, 0.2) is 30.5 Å². The van der Waals surface area contributed by atoms with Crippen LogP contribution < -0.4 is 4.74 Å². The number of aromatic nitrogens is 3. The van der Waals surface area contributed by atoms with Crippen molar-refractivity contribution in [2.75, 3.05) is 13.2 Å². The van der Waals surface area contributed by atoms with Gasteiger partial charge >= 0.3 is 0 Å². The van der Waals surface area contributed by atoms with Gasteiger partial charge in [0, 0.05) is 31.0 Å². The van der Waals surface area contributed by atoms with E-state index in [0.29, 0.717) is 43.1 Å². The van der Waals surface area contributed by atoms with E-state index >= 15 is 0 Å².